The molecular weight excluding hydrogens is 191 g/mol. The van der Waals surface area contributed by atoms with Crippen LogP contribution >= 0.6 is 0 Å². The maximum absolute atomic E-state index is 13.0. The lowest BCUT2D eigenvalue weighted by molar-refractivity contribution is -0.385. The smallest absolute Gasteiger partial charge is 0.276 e. The van der Waals surface area contributed by atoms with E-state index in [1.807, 2.05) is 0 Å². The number of nitrogens with zero attached hydrogens (tertiary/aromatic N) is 1. The Kier molecular flexibility index (Phi) is 2.46. The van der Waals surface area contributed by atoms with E-state index < -0.39 is 22.3 Å². The van der Waals surface area contributed by atoms with E-state index in [9.17, 15) is 19.3 Å². The van der Waals surface area contributed by atoms with Crippen LogP contribution in [0.5, 0.6) is 0 Å². The standard InChI is InChI=1S/C8H7FN2O3/c1-4-6(9)2-5(8(10)12)3-7(4)11(13)14/h2-3H,1H3,(H2,10,12). The fraction of sp³-hybridized carbons (Fsp3) is 0.125. The van der Waals surface area contributed by atoms with Crippen LogP contribution in [-0.2, 0) is 0 Å². The lowest BCUT2D eigenvalue weighted by atomic mass is 10.1. The van der Waals surface area contributed by atoms with Crippen molar-refractivity contribution in [3.8, 4) is 0 Å². The van der Waals surface area contributed by atoms with Crippen molar-refractivity contribution in [1.82, 2.24) is 0 Å². The van der Waals surface area contributed by atoms with E-state index in [1.165, 1.54) is 6.92 Å². The number of nitro benzene ring substituents is 1. The van der Waals surface area contributed by atoms with Crippen LogP contribution in [0, 0.1) is 22.9 Å². The minimum Gasteiger partial charge on any atom is -0.366 e. The van der Waals surface area contributed by atoms with Gasteiger partial charge in [-0.25, -0.2) is 4.39 Å². The van der Waals surface area contributed by atoms with Crippen molar-refractivity contribution in [2.75, 3.05) is 0 Å². The maximum atomic E-state index is 13.0. The number of hydrogen-bond acceptors (Lipinski definition) is 3. The van der Waals surface area contributed by atoms with Crippen molar-refractivity contribution >= 4 is 11.6 Å². The van der Waals surface area contributed by atoms with E-state index in [1.54, 1.807) is 0 Å². The predicted octanol–water partition coefficient (Wildman–Crippen LogP) is 1.14. The molecule has 0 aliphatic rings. The van der Waals surface area contributed by atoms with Gasteiger partial charge in [0.2, 0.25) is 5.91 Å². The van der Waals surface area contributed by atoms with Crippen molar-refractivity contribution in [3.63, 3.8) is 0 Å². The minimum absolute atomic E-state index is 0.111. The highest BCUT2D eigenvalue weighted by Crippen LogP contribution is 2.22. The summed E-state index contributed by atoms with van der Waals surface area (Å²) in [5, 5.41) is 10.4. The monoisotopic (exact) mass is 198 g/mol. The number of nitro groups is 1. The van der Waals surface area contributed by atoms with Gasteiger partial charge < -0.3 is 5.73 Å². The van der Waals surface area contributed by atoms with E-state index in [4.69, 9.17) is 5.73 Å². The summed E-state index contributed by atoms with van der Waals surface area (Å²) in [4.78, 5) is 20.3. The molecule has 1 amide bonds. The highest BCUT2D eigenvalue weighted by atomic mass is 19.1. The van der Waals surface area contributed by atoms with Crippen molar-refractivity contribution in [1.29, 1.82) is 0 Å². The first kappa shape index (κ1) is 10.1. The summed E-state index contributed by atoms with van der Waals surface area (Å²) in [6, 6.07) is 1.84. The van der Waals surface area contributed by atoms with Gasteiger partial charge in [0.05, 0.1) is 10.5 Å². The molecule has 74 valence electrons. The normalized spacial score (nSPS) is 9.86. The lowest BCUT2D eigenvalue weighted by Crippen LogP contribution is -2.12. The molecule has 6 heteroatoms. The summed E-state index contributed by atoms with van der Waals surface area (Å²) in [5.74, 6) is -1.71. The van der Waals surface area contributed by atoms with Crippen LogP contribution in [0.1, 0.15) is 15.9 Å². The number of primary amides is 1. The Bertz CT molecular complexity index is 417. The molecule has 0 heterocycles. The number of carbonyl (C=O) groups is 1. The number of nitrogens with two attached hydrogens (primary N) is 1. The van der Waals surface area contributed by atoms with Gasteiger partial charge in [-0.1, -0.05) is 0 Å². The van der Waals surface area contributed by atoms with Crippen LogP contribution < -0.4 is 5.73 Å². The highest BCUT2D eigenvalue weighted by molar-refractivity contribution is 5.93. The van der Waals surface area contributed by atoms with E-state index in [-0.39, 0.29) is 11.1 Å². The van der Waals surface area contributed by atoms with Gasteiger partial charge in [-0.3, -0.25) is 14.9 Å². The van der Waals surface area contributed by atoms with Crippen LogP contribution in [0.2, 0.25) is 0 Å². The Labute approximate surface area is 78.5 Å². The second kappa shape index (κ2) is 3.41. The molecule has 0 aliphatic carbocycles. The first-order valence-electron chi connectivity index (χ1n) is 3.68. The summed E-state index contributed by atoms with van der Waals surface area (Å²) in [6.45, 7) is 1.26. The van der Waals surface area contributed by atoms with Crippen LogP contribution in [0.15, 0.2) is 12.1 Å². The quantitative estimate of drug-likeness (QED) is 0.571. The summed E-state index contributed by atoms with van der Waals surface area (Å²) in [5.41, 5.74) is 4.11. The zero-order valence-corrected chi connectivity index (χ0v) is 7.28. The van der Waals surface area contributed by atoms with Gasteiger partial charge in [0.25, 0.3) is 5.69 Å². The van der Waals surface area contributed by atoms with E-state index in [0.717, 1.165) is 12.1 Å². The number of hydrogen-bond donors (Lipinski definition) is 1. The fourth-order valence-corrected chi connectivity index (χ4v) is 0.996. The molecule has 1 rings (SSSR count). The lowest BCUT2D eigenvalue weighted by Gasteiger charge is -2.01. The van der Waals surface area contributed by atoms with Gasteiger partial charge in [-0.15, -0.1) is 0 Å². The van der Waals surface area contributed by atoms with Gasteiger partial charge in [0.1, 0.15) is 5.82 Å². The second-order valence-electron chi connectivity index (χ2n) is 2.72. The first-order chi connectivity index (χ1) is 6.43. The summed E-state index contributed by atoms with van der Waals surface area (Å²) in [7, 11) is 0. The third kappa shape index (κ3) is 1.68. The van der Waals surface area contributed by atoms with Crippen molar-refractivity contribution < 1.29 is 14.1 Å². The summed E-state index contributed by atoms with van der Waals surface area (Å²) >= 11 is 0. The van der Waals surface area contributed by atoms with Crippen LogP contribution in [0.4, 0.5) is 10.1 Å². The van der Waals surface area contributed by atoms with Gasteiger partial charge in [0.15, 0.2) is 0 Å². The van der Waals surface area contributed by atoms with Gasteiger partial charge in [-0.2, -0.15) is 0 Å². The van der Waals surface area contributed by atoms with Crippen molar-refractivity contribution in [2.24, 2.45) is 5.73 Å². The summed E-state index contributed by atoms with van der Waals surface area (Å²) < 4.78 is 13.0. The Hall–Kier alpha value is -1.98. The zero-order chi connectivity index (χ0) is 10.9. The molecule has 0 fully saturated rings. The molecule has 0 atom stereocenters. The summed E-state index contributed by atoms with van der Waals surface area (Å²) in [6.07, 6.45) is 0. The molecular formula is C8H7FN2O3. The molecule has 0 radical (unpaired) electrons. The fourth-order valence-electron chi connectivity index (χ4n) is 0.996. The average Bonchev–Trinajstić information content (AvgIpc) is 2.08. The highest BCUT2D eigenvalue weighted by Gasteiger charge is 2.17. The third-order valence-corrected chi connectivity index (χ3v) is 1.80. The topological polar surface area (TPSA) is 86.2 Å². The van der Waals surface area contributed by atoms with Crippen molar-refractivity contribution in [2.45, 2.75) is 6.92 Å². The van der Waals surface area contributed by atoms with Crippen LogP contribution in [0.25, 0.3) is 0 Å². The van der Waals surface area contributed by atoms with Gasteiger partial charge in [0, 0.05) is 11.6 Å². The Balaban J connectivity index is 3.43. The number of rotatable bonds is 2. The van der Waals surface area contributed by atoms with Crippen molar-refractivity contribution in [3.05, 3.63) is 39.2 Å². The molecule has 0 bridgehead atoms. The molecule has 0 aromatic heterocycles. The van der Waals surface area contributed by atoms with Crippen LogP contribution in [-0.4, -0.2) is 10.8 Å². The average molecular weight is 198 g/mol. The first-order valence-corrected chi connectivity index (χ1v) is 3.68. The predicted molar refractivity (Wildman–Crippen MR) is 46.3 cm³/mol. The minimum atomic E-state index is -0.896. The molecule has 1 aromatic carbocycles. The van der Waals surface area contributed by atoms with E-state index in [2.05, 4.69) is 0 Å². The number of amides is 1. The molecule has 1 aromatic rings. The molecule has 0 saturated heterocycles. The third-order valence-electron chi connectivity index (χ3n) is 1.80. The van der Waals surface area contributed by atoms with E-state index >= 15 is 0 Å². The van der Waals surface area contributed by atoms with Gasteiger partial charge >= 0.3 is 0 Å². The Morgan fingerprint density at radius 1 is 1.57 bits per heavy atom. The van der Waals surface area contributed by atoms with Crippen LogP contribution in [0.3, 0.4) is 0 Å². The van der Waals surface area contributed by atoms with E-state index in [0.29, 0.717) is 0 Å². The van der Waals surface area contributed by atoms with Gasteiger partial charge in [-0.05, 0) is 13.0 Å². The molecule has 14 heavy (non-hydrogen) atoms. The number of carbonyl (C=O) groups excluding carboxylic acids is 1. The Morgan fingerprint density at radius 2 is 2.14 bits per heavy atom. The maximum Gasteiger partial charge on any atom is 0.276 e. The zero-order valence-electron chi connectivity index (χ0n) is 7.28. The SMILES string of the molecule is Cc1c(F)cc(C(N)=O)cc1[N+](=O)[O-]. The number of benzene rings is 1. The number of halogens is 1. The molecule has 0 saturated carbocycles. The Morgan fingerprint density at radius 3 is 2.57 bits per heavy atom. The molecule has 0 spiro atoms. The second-order valence-corrected chi connectivity index (χ2v) is 2.72. The molecule has 5 nitrogen and oxygen atoms in total. The largest absolute Gasteiger partial charge is 0.366 e. The molecule has 0 unspecified atom stereocenters. The molecule has 2 N–H and O–H groups in total. The molecule has 0 aliphatic heterocycles.